The van der Waals surface area contributed by atoms with Crippen molar-refractivity contribution in [3.05, 3.63) is 0 Å². The first-order valence-corrected chi connectivity index (χ1v) is 7.03. The van der Waals surface area contributed by atoms with Crippen LogP contribution in [0.3, 0.4) is 0 Å². The first-order chi connectivity index (χ1) is 8.50. The van der Waals surface area contributed by atoms with E-state index in [1.807, 2.05) is 4.90 Å². The topological polar surface area (TPSA) is 57.6 Å². The summed E-state index contributed by atoms with van der Waals surface area (Å²) in [4.78, 5) is 25.3. The molecular weight excluding hydrogens is 230 g/mol. The van der Waals surface area contributed by atoms with Gasteiger partial charge < -0.3 is 10.0 Å². The highest BCUT2D eigenvalue weighted by atomic mass is 16.4. The fourth-order valence-electron chi connectivity index (χ4n) is 2.87. The standard InChI is InChI=1S/C14H25NO3/c1-4-14(5-2,6-3)13(18)15-9-7-11(8-10-15)12(16)17/h11H,4-10H2,1-3H3,(H,16,17). The Balaban J connectivity index is 2.67. The van der Waals surface area contributed by atoms with Gasteiger partial charge in [-0.3, -0.25) is 9.59 Å². The number of hydrogen-bond acceptors (Lipinski definition) is 2. The van der Waals surface area contributed by atoms with Crippen LogP contribution in [0.1, 0.15) is 52.9 Å². The average molecular weight is 255 g/mol. The van der Waals surface area contributed by atoms with Crippen molar-refractivity contribution in [1.82, 2.24) is 4.90 Å². The van der Waals surface area contributed by atoms with Gasteiger partial charge >= 0.3 is 5.97 Å². The molecular formula is C14H25NO3. The van der Waals surface area contributed by atoms with Crippen LogP contribution in [0.15, 0.2) is 0 Å². The molecule has 1 rings (SSSR count). The molecule has 0 aliphatic carbocycles. The number of nitrogens with zero attached hydrogens (tertiary/aromatic N) is 1. The van der Waals surface area contributed by atoms with E-state index >= 15 is 0 Å². The first-order valence-electron chi connectivity index (χ1n) is 7.03. The molecule has 1 heterocycles. The molecule has 4 heteroatoms. The normalized spacial score (nSPS) is 17.8. The highest BCUT2D eigenvalue weighted by Crippen LogP contribution is 2.34. The van der Waals surface area contributed by atoms with Gasteiger partial charge in [0, 0.05) is 18.5 Å². The Labute approximate surface area is 109 Å². The van der Waals surface area contributed by atoms with E-state index in [1.165, 1.54) is 0 Å². The summed E-state index contributed by atoms with van der Waals surface area (Å²) in [6, 6.07) is 0. The van der Waals surface area contributed by atoms with Crippen molar-refractivity contribution in [2.75, 3.05) is 13.1 Å². The Morgan fingerprint density at radius 2 is 1.56 bits per heavy atom. The summed E-state index contributed by atoms with van der Waals surface area (Å²) in [7, 11) is 0. The summed E-state index contributed by atoms with van der Waals surface area (Å²) in [6.45, 7) is 7.38. The number of carboxylic acid groups (broad SMARTS) is 1. The average Bonchev–Trinajstić information content (AvgIpc) is 2.41. The number of carbonyl (C=O) groups excluding carboxylic acids is 1. The third-order valence-corrected chi connectivity index (χ3v) is 4.62. The van der Waals surface area contributed by atoms with Crippen molar-refractivity contribution < 1.29 is 14.7 Å². The molecule has 0 saturated carbocycles. The zero-order chi connectivity index (χ0) is 13.8. The van der Waals surface area contributed by atoms with Crippen LogP contribution in [-0.4, -0.2) is 35.0 Å². The molecule has 1 N–H and O–H groups in total. The van der Waals surface area contributed by atoms with Crippen molar-refractivity contribution in [3.8, 4) is 0 Å². The zero-order valence-corrected chi connectivity index (χ0v) is 11.7. The van der Waals surface area contributed by atoms with E-state index in [1.54, 1.807) is 0 Å². The van der Waals surface area contributed by atoms with Gasteiger partial charge in [0.05, 0.1) is 5.92 Å². The van der Waals surface area contributed by atoms with E-state index in [9.17, 15) is 9.59 Å². The summed E-state index contributed by atoms with van der Waals surface area (Å²) in [5, 5.41) is 8.96. The maximum Gasteiger partial charge on any atom is 0.306 e. The number of likely N-dealkylation sites (tertiary alicyclic amines) is 1. The van der Waals surface area contributed by atoms with Gasteiger partial charge in [0.2, 0.25) is 5.91 Å². The molecule has 0 radical (unpaired) electrons. The fraction of sp³-hybridized carbons (Fsp3) is 0.857. The van der Waals surface area contributed by atoms with Gasteiger partial charge in [-0.2, -0.15) is 0 Å². The molecule has 1 fully saturated rings. The minimum absolute atomic E-state index is 0.221. The van der Waals surface area contributed by atoms with Crippen molar-refractivity contribution in [3.63, 3.8) is 0 Å². The van der Waals surface area contributed by atoms with Crippen LogP contribution in [0.4, 0.5) is 0 Å². The third kappa shape index (κ3) is 2.85. The minimum Gasteiger partial charge on any atom is -0.481 e. The van der Waals surface area contributed by atoms with Crippen molar-refractivity contribution in [1.29, 1.82) is 0 Å². The Hall–Kier alpha value is -1.06. The number of carbonyl (C=O) groups is 2. The Morgan fingerprint density at radius 1 is 1.11 bits per heavy atom. The molecule has 104 valence electrons. The van der Waals surface area contributed by atoms with Gasteiger partial charge in [0.1, 0.15) is 0 Å². The number of aliphatic carboxylic acids is 1. The largest absolute Gasteiger partial charge is 0.481 e. The lowest BCUT2D eigenvalue weighted by Crippen LogP contribution is -2.47. The third-order valence-electron chi connectivity index (χ3n) is 4.62. The van der Waals surface area contributed by atoms with Gasteiger partial charge in [0.25, 0.3) is 0 Å². The van der Waals surface area contributed by atoms with Crippen LogP contribution in [0.2, 0.25) is 0 Å². The van der Waals surface area contributed by atoms with E-state index in [4.69, 9.17) is 5.11 Å². The second kappa shape index (κ2) is 6.21. The molecule has 18 heavy (non-hydrogen) atoms. The predicted octanol–water partition coefficient (Wildman–Crippen LogP) is 2.53. The Morgan fingerprint density at radius 3 is 1.89 bits per heavy atom. The number of piperidine rings is 1. The lowest BCUT2D eigenvalue weighted by Gasteiger charge is -2.38. The lowest BCUT2D eigenvalue weighted by molar-refractivity contribution is -0.150. The van der Waals surface area contributed by atoms with Gasteiger partial charge in [-0.25, -0.2) is 0 Å². The summed E-state index contributed by atoms with van der Waals surface area (Å²) < 4.78 is 0. The molecule has 1 saturated heterocycles. The second-order valence-electron chi connectivity index (χ2n) is 5.25. The van der Waals surface area contributed by atoms with Crippen LogP contribution >= 0.6 is 0 Å². The van der Waals surface area contributed by atoms with Crippen LogP contribution in [0.5, 0.6) is 0 Å². The molecule has 1 amide bonds. The number of amides is 1. The highest BCUT2D eigenvalue weighted by molar-refractivity contribution is 5.83. The predicted molar refractivity (Wildman–Crippen MR) is 70.2 cm³/mol. The first kappa shape index (κ1) is 15.0. The molecule has 1 aliphatic rings. The van der Waals surface area contributed by atoms with Crippen molar-refractivity contribution in [2.24, 2.45) is 11.3 Å². The minimum atomic E-state index is -0.727. The lowest BCUT2D eigenvalue weighted by atomic mass is 9.78. The molecule has 0 spiro atoms. The summed E-state index contributed by atoms with van der Waals surface area (Å²) in [5.74, 6) is -0.776. The zero-order valence-electron chi connectivity index (χ0n) is 11.7. The summed E-state index contributed by atoms with van der Waals surface area (Å²) in [6.07, 6.45) is 3.76. The molecule has 0 unspecified atom stereocenters. The van der Waals surface area contributed by atoms with E-state index in [2.05, 4.69) is 20.8 Å². The van der Waals surface area contributed by atoms with Crippen LogP contribution < -0.4 is 0 Å². The highest BCUT2D eigenvalue weighted by Gasteiger charge is 2.38. The number of hydrogen-bond donors (Lipinski definition) is 1. The maximum atomic E-state index is 12.6. The second-order valence-corrected chi connectivity index (χ2v) is 5.25. The van der Waals surface area contributed by atoms with Crippen LogP contribution in [0, 0.1) is 11.3 Å². The molecule has 1 aliphatic heterocycles. The Kier molecular flexibility index (Phi) is 5.17. The van der Waals surface area contributed by atoms with E-state index < -0.39 is 5.97 Å². The molecule has 4 nitrogen and oxygen atoms in total. The van der Waals surface area contributed by atoms with E-state index in [0.29, 0.717) is 25.9 Å². The van der Waals surface area contributed by atoms with Crippen LogP contribution in [0.25, 0.3) is 0 Å². The molecule has 0 aromatic rings. The maximum absolute atomic E-state index is 12.6. The smallest absolute Gasteiger partial charge is 0.306 e. The number of carboxylic acids is 1. The molecule has 0 atom stereocenters. The van der Waals surface area contributed by atoms with Crippen molar-refractivity contribution >= 4 is 11.9 Å². The van der Waals surface area contributed by atoms with Gasteiger partial charge in [-0.1, -0.05) is 20.8 Å². The summed E-state index contributed by atoms with van der Waals surface area (Å²) in [5.41, 5.74) is -0.240. The molecule has 0 bridgehead atoms. The molecule has 0 aromatic carbocycles. The monoisotopic (exact) mass is 255 g/mol. The number of rotatable bonds is 5. The van der Waals surface area contributed by atoms with Crippen molar-refractivity contribution in [2.45, 2.75) is 52.9 Å². The Bertz CT molecular complexity index is 294. The quantitative estimate of drug-likeness (QED) is 0.821. The SMILES string of the molecule is CCC(CC)(CC)C(=O)N1CCC(C(=O)O)CC1. The van der Waals surface area contributed by atoms with Crippen LogP contribution in [-0.2, 0) is 9.59 Å². The summed E-state index contributed by atoms with van der Waals surface area (Å²) >= 11 is 0. The molecule has 0 aromatic heterocycles. The van der Waals surface area contributed by atoms with E-state index in [-0.39, 0.29) is 17.2 Å². The van der Waals surface area contributed by atoms with Gasteiger partial charge in [-0.05, 0) is 32.1 Å². The van der Waals surface area contributed by atoms with Gasteiger partial charge in [-0.15, -0.1) is 0 Å². The fourth-order valence-corrected chi connectivity index (χ4v) is 2.87. The van der Waals surface area contributed by atoms with E-state index in [0.717, 1.165) is 19.3 Å². The van der Waals surface area contributed by atoms with Gasteiger partial charge in [0.15, 0.2) is 0 Å².